The van der Waals surface area contributed by atoms with Crippen LogP contribution < -0.4 is 16.3 Å². The smallest absolute Gasteiger partial charge is 0.321 e. The van der Waals surface area contributed by atoms with Crippen molar-refractivity contribution in [1.82, 2.24) is 39.5 Å². The number of nitrogens with one attached hydrogen (secondary N) is 3. The summed E-state index contributed by atoms with van der Waals surface area (Å²) in [6.45, 7) is 0.566. The highest BCUT2D eigenvalue weighted by atomic mass is 19.4. The predicted octanol–water partition coefficient (Wildman–Crippen LogP) is 5.57. The average Bonchev–Trinajstić information content (AvgIpc) is 3.72. The van der Waals surface area contributed by atoms with Gasteiger partial charge in [0.15, 0.2) is 5.69 Å². The number of carbonyl (C=O) groups excluding carboxylic acids is 3. The number of aromatic nitrogens is 6. The van der Waals surface area contributed by atoms with Crippen molar-refractivity contribution in [2.75, 3.05) is 25.0 Å². The molecule has 13 nitrogen and oxygen atoms in total. The third-order valence-corrected chi connectivity index (χ3v) is 11.0. The van der Waals surface area contributed by atoms with E-state index in [9.17, 15) is 32.3 Å². The fourth-order valence-corrected chi connectivity index (χ4v) is 8.32. The summed E-state index contributed by atoms with van der Waals surface area (Å²) in [5.74, 6) is -5.83. The number of H-pyrrole nitrogens is 1. The number of fused-ring (bicyclic) bond motifs is 2. The lowest BCUT2D eigenvalue weighted by Crippen LogP contribution is -2.49. The van der Waals surface area contributed by atoms with Gasteiger partial charge < -0.3 is 10.3 Å². The van der Waals surface area contributed by atoms with Crippen LogP contribution in [0.5, 0.6) is 0 Å². The normalized spacial score (nSPS) is 23.6. The Hall–Kier alpha value is -5.52. The number of rotatable bonds is 7. The second-order valence-electron chi connectivity index (χ2n) is 14.6. The molecule has 2 aromatic carbocycles. The largest absolute Gasteiger partial charge is 0.434 e. The molecule has 0 radical (unpaired) electrons. The van der Waals surface area contributed by atoms with Crippen LogP contribution in [0, 0.1) is 5.92 Å². The second kappa shape index (κ2) is 14.0. The van der Waals surface area contributed by atoms with Gasteiger partial charge in [0.1, 0.15) is 11.7 Å². The first-order valence-corrected chi connectivity index (χ1v) is 18.1. The third-order valence-electron chi connectivity index (χ3n) is 11.0. The highest BCUT2D eigenvalue weighted by Crippen LogP contribution is 2.43. The van der Waals surface area contributed by atoms with E-state index in [1.54, 1.807) is 36.4 Å². The van der Waals surface area contributed by atoms with Gasteiger partial charge in [-0.25, -0.2) is 18.6 Å². The molecule has 1 aliphatic carbocycles. The van der Waals surface area contributed by atoms with Gasteiger partial charge in [0.25, 0.3) is 11.8 Å². The number of piperidine rings is 2. The summed E-state index contributed by atoms with van der Waals surface area (Å²) in [5, 5.41) is 10.2. The van der Waals surface area contributed by atoms with Gasteiger partial charge in [0.2, 0.25) is 11.8 Å². The van der Waals surface area contributed by atoms with E-state index < -0.39 is 65.4 Å². The third kappa shape index (κ3) is 7.22. The molecular weight excluding hydrogens is 729 g/mol. The number of para-hydroxylation sites is 1. The molecule has 3 aliphatic rings. The molecule has 3 aromatic heterocycles. The SMILES string of the molecule is O=C1CCC(n2c(=O)[nH]c3c([C@H]4CCN(CC5CCC(n6cc7cc(NC(=O)c8cncc(C(F)(F)F)n8)ccc7n6)CC5)CC4(F)F)cccc32)C(=O)N1. The van der Waals surface area contributed by atoms with Gasteiger partial charge in [0.05, 0.1) is 47.4 Å². The van der Waals surface area contributed by atoms with E-state index in [0.29, 0.717) is 41.6 Å². The Labute approximate surface area is 309 Å². The summed E-state index contributed by atoms with van der Waals surface area (Å²) < 4.78 is 74.1. The summed E-state index contributed by atoms with van der Waals surface area (Å²) in [4.78, 5) is 61.3. The Morgan fingerprint density at radius 1 is 1.00 bits per heavy atom. The molecule has 0 bridgehead atoms. The quantitative estimate of drug-likeness (QED) is 0.143. The Balaban J connectivity index is 0.878. The number of hydrogen-bond donors (Lipinski definition) is 3. The molecule has 18 heteroatoms. The van der Waals surface area contributed by atoms with Crippen LogP contribution in [0.25, 0.3) is 21.9 Å². The number of aromatic amines is 1. The number of carbonyl (C=O) groups is 3. The van der Waals surface area contributed by atoms with E-state index in [1.807, 2.05) is 15.8 Å². The molecular formula is C37H36F5N9O4. The molecule has 5 aromatic rings. The molecule has 0 spiro atoms. The fraction of sp³-hybridized carbons (Fsp3) is 0.432. The van der Waals surface area contributed by atoms with E-state index >= 15 is 8.78 Å². The molecule has 288 valence electrons. The Morgan fingerprint density at radius 3 is 2.55 bits per heavy atom. The predicted molar refractivity (Wildman–Crippen MR) is 188 cm³/mol. The van der Waals surface area contributed by atoms with Gasteiger partial charge in [-0.05, 0) is 80.8 Å². The van der Waals surface area contributed by atoms with Gasteiger partial charge >= 0.3 is 11.9 Å². The minimum absolute atomic E-state index is 0.0764. The van der Waals surface area contributed by atoms with Crippen molar-refractivity contribution < 1.29 is 36.3 Å². The van der Waals surface area contributed by atoms with Gasteiger partial charge in [0, 0.05) is 30.2 Å². The molecule has 2 atom stereocenters. The van der Waals surface area contributed by atoms with Crippen LogP contribution in [0.2, 0.25) is 0 Å². The monoisotopic (exact) mass is 765 g/mol. The molecule has 3 N–H and O–H groups in total. The Bertz CT molecular complexity index is 2360. The number of hydrogen-bond acceptors (Lipinski definition) is 8. The number of amides is 3. The number of imide groups is 1. The number of halogens is 5. The van der Waals surface area contributed by atoms with E-state index in [1.165, 1.54) is 4.57 Å². The molecule has 3 amide bonds. The first-order valence-electron chi connectivity index (χ1n) is 18.1. The zero-order chi connectivity index (χ0) is 38.6. The Kier molecular flexibility index (Phi) is 9.25. The maximum atomic E-state index is 16.0. The number of nitrogens with zero attached hydrogens (tertiary/aromatic N) is 6. The van der Waals surface area contributed by atoms with Crippen LogP contribution in [0.15, 0.2) is 59.8 Å². The fourth-order valence-electron chi connectivity index (χ4n) is 8.32. The highest BCUT2D eigenvalue weighted by Gasteiger charge is 2.47. The number of benzene rings is 2. The van der Waals surface area contributed by atoms with Crippen molar-refractivity contribution >= 4 is 45.3 Å². The minimum atomic E-state index is -4.73. The molecule has 2 aliphatic heterocycles. The molecule has 3 fully saturated rings. The standard InChI is InChI=1S/C37H36F5N9O4/c38-36(39)19-49(13-12-25(36)24-2-1-3-28-32(24)47-35(55)51(28)29-10-11-31(52)46-34(29)54)17-20-4-7-23(8-5-20)50-18-21-14-22(6-9-26(21)48-50)44-33(53)27-15-43-16-30(45-27)37(40,41)42/h1-3,6,9,14-16,18,20,23,25,29H,4-5,7-8,10-13,17,19H2,(H,44,53)(H,47,55)(H,46,52,54)/t20?,23?,25-,29?/m1/s1. The van der Waals surface area contributed by atoms with Gasteiger partial charge in [-0.2, -0.15) is 18.3 Å². The summed E-state index contributed by atoms with van der Waals surface area (Å²) in [6, 6.07) is 9.01. The van der Waals surface area contributed by atoms with Crippen LogP contribution >= 0.6 is 0 Å². The molecule has 1 unspecified atom stereocenters. The maximum Gasteiger partial charge on any atom is 0.434 e. The van der Waals surface area contributed by atoms with Crippen LogP contribution in [0.4, 0.5) is 27.6 Å². The van der Waals surface area contributed by atoms with Gasteiger partial charge in [-0.3, -0.25) is 38.8 Å². The summed E-state index contributed by atoms with van der Waals surface area (Å²) in [6.07, 6.45) is 2.27. The zero-order valence-electron chi connectivity index (χ0n) is 29.3. The van der Waals surface area contributed by atoms with Gasteiger partial charge in [-0.1, -0.05) is 12.1 Å². The van der Waals surface area contributed by atoms with Crippen LogP contribution in [0.3, 0.4) is 0 Å². The van der Waals surface area contributed by atoms with Crippen molar-refractivity contribution in [2.24, 2.45) is 5.92 Å². The lowest BCUT2D eigenvalue weighted by Gasteiger charge is -2.41. The van der Waals surface area contributed by atoms with E-state index in [4.69, 9.17) is 5.10 Å². The highest BCUT2D eigenvalue weighted by molar-refractivity contribution is 6.03. The van der Waals surface area contributed by atoms with E-state index in [-0.39, 0.29) is 36.7 Å². The van der Waals surface area contributed by atoms with Crippen molar-refractivity contribution in [3.63, 3.8) is 0 Å². The summed E-state index contributed by atoms with van der Waals surface area (Å²) >= 11 is 0. The van der Waals surface area contributed by atoms with Crippen molar-refractivity contribution in [3.8, 4) is 0 Å². The Morgan fingerprint density at radius 2 is 1.80 bits per heavy atom. The maximum absolute atomic E-state index is 16.0. The summed E-state index contributed by atoms with van der Waals surface area (Å²) in [7, 11) is 0. The lowest BCUT2D eigenvalue weighted by molar-refractivity contribution is -0.141. The van der Waals surface area contributed by atoms with Crippen LogP contribution in [-0.2, 0) is 15.8 Å². The summed E-state index contributed by atoms with van der Waals surface area (Å²) in [5.41, 5.74) is -0.313. The molecule has 5 heterocycles. The number of imidazole rings is 1. The van der Waals surface area contributed by atoms with E-state index in [2.05, 4.69) is 25.6 Å². The zero-order valence-corrected chi connectivity index (χ0v) is 29.3. The average molecular weight is 766 g/mol. The molecule has 55 heavy (non-hydrogen) atoms. The van der Waals surface area contributed by atoms with Gasteiger partial charge in [-0.15, -0.1) is 0 Å². The van der Waals surface area contributed by atoms with Crippen molar-refractivity contribution in [3.05, 3.63) is 82.4 Å². The minimum Gasteiger partial charge on any atom is -0.321 e. The molecule has 8 rings (SSSR count). The van der Waals surface area contributed by atoms with E-state index in [0.717, 1.165) is 37.3 Å². The van der Waals surface area contributed by atoms with Crippen molar-refractivity contribution in [1.29, 1.82) is 0 Å². The van der Waals surface area contributed by atoms with Crippen LogP contribution in [0.1, 0.15) is 84.7 Å². The van der Waals surface area contributed by atoms with Crippen molar-refractivity contribution in [2.45, 2.75) is 75.0 Å². The lowest BCUT2D eigenvalue weighted by atomic mass is 9.83. The second-order valence-corrected chi connectivity index (χ2v) is 14.6. The topological polar surface area (TPSA) is 160 Å². The molecule has 1 saturated carbocycles. The number of likely N-dealkylation sites (tertiary alicyclic amines) is 1. The van der Waals surface area contributed by atoms with Crippen LogP contribution in [-0.4, -0.2) is 77.5 Å². The number of anilines is 1. The first kappa shape index (κ1) is 36.5. The number of alkyl halides is 5. The first-order chi connectivity index (χ1) is 26.2. The molecule has 2 saturated heterocycles.